The number of hydrogen-bond donors (Lipinski definition) is 3. The van der Waals surface area contributed by atoms with Gasteiger partial charge in [-0.3, -0.25) is 0 Å². The standard InChI is InChI=1S/C21H28O3/c1-20-8-6-15-14-4-3-13(22)10-12(14)2-5-17(15)21(20)9-7-16(19(20)24)18(23)11-21/h3-4,10,15-19,22-24H,2,5-9,11H2,1H3/t15?,16-,17?,18-,19+,20-,21+/m1/s1. The molecule has 5 aliphatic rings. The minimum absolute atomic E-state index is 0.0370. The summed E-state index contributed by atoms with van der Waals surface area (Å²) in [7, 11) is 0. The van der Waals surface area contributed by atoms with Gasteiger partial charge in [-0.1, -0.05) is 13.0 Å². The lowest BCUT2D eigenvalue weighted by atomic mass is 9.36. The second-order valence-corrected chi connectivity index (χ2v) is 9.17. The third kappa shape index (κ3) is 1.65. The van der Waals surface area contributed by atoms with E-state index in [-0.39, 0.29) is 29.0 Å². The van der Waals surface area contributed by atoms with Gasteiger partial charge in [-0.2, -0.15) is 0 Å². The van der Waals surface area contributed by atoms with Crippen molar-refractivity contribution >= 4 is 0 Å². The van der Waals surface area contributed by atoms with Crippen molar-refractivity contribution in [2.45, 2.75) is 70.0 Å². The lowest BCUT2D eigenvalue weighted by molar-refractivity contribution is -0.255. The molecule has 3 nitrogen and oxygen atoms in total. The highest BCUT2D eigenvalue weighted by Gasteiger charge is 2.68. The number of fused-ring (bicyclic) bond motifs is 5. The second-order valence-electron chi connectivity index (χ2n) is 9.17. The summed E-state index contributed by atoms with van der Waals surface area (Å²) in [4.78, 5) is 0. The Morgan fingerprint density at radius 2 is 1.92 bits per heavy atom. The lowest BCUT2D eigenvalue weighted by Crippen LogP contribution is -2.68. The summed E-state index contributed by atoms with van der Waals surface area (Å²) in [5, 5.41) is 31.5. The highest BCUT2D eigenvalue weighted by Crippen LogP contribution is 2.72. The van der Waals surface area contributed by atoms with E-state index >= 15 is 0 Å². The fourth-order valence-corrected chi connectivity index (χ4v) is 7.43. The maximum Gasteiger partial charge on any atom is 0.115 e. The van der Waals surface area contributed by atoms with Crippen molar-refractivity contribution in [3.05, 3.63) is 29.3 Å². The fraction of sp³-hybridized carbons (Fsp3) is 0.714. The number of rotatable bonds is 0. The van der Waals surface area contributed by atoms with Crippen LogP contribution in [0.4, 0.5) is 0 Å². The Labute approximate surface area is 143 Å². The number of aryl methyl sites for hydroxylation is 1. The molecule has 130 valence electrons. The first-order valence-corrected chi connectivity index (χ1v) is 9.64. The van der Waals surface area contributed by atoms with Crippen LogP contribution in [0.15, 0.2) is 18.2 Å². The van der Waals surface area contributed by atoms with E-state index in [9.17, 15) is 15.3 Å². The van der Waals surface area contributed by atoms with Crippen molar-refractivity contribution in [3.63, 3.8) is 0 Å². The van der Waals surface area contributed by atoms with Crippen molar-refractivity contribution in [1.82, 2.24) is 0 Å². The molecule has 0 radical (unpaired) electrons. The summed E-state index contributed by atoms with van der Waals surface area (Å²) in [6.45, 7) is 2.30. The predicted octanol–water partition coefficient (Wildman–Crippen LogP) is 3.36. The number of aliphatic hydroxyl groups is 2. The molecule has 0 amide bonds. The Hall–Kier alpha value is -1.06. The molecule has 24 heavy (non-hydrogen) atoms. The lowest BCUT2D eigenvalue weighted by Gasteiger charge is -2.70. The highest BCUT2D eigenvalue weighted by atomic mass is 16.3. The van der Waals surface area contributed by atoms with E-state index in [1.54, 1.807) is 0 Å². The Balaban J connectivity index is 1.61. The van der Waals surface area contributed by atoms with Crippen LogP contribution < -0.4 is 0 Å². The zero-order chi connectivity index (χ0) is 16.7. The highest BCUT2D eigenvalue weighted by molar-refractivity contribution is 5.41. The minimum atomic E-state index is -0.350. The van der Waals surface area contributed by atoms with Crippen molar-refractivity contribution < 1.29 is 15.3 Å². The normalized spacial score (nSPS) is 49.2. The van der Waals surface area contributed by atoms with E-state index < -0.39 is 0 Å². The van der Waals surface area contributed by atoms with Crippen LogP contribution >= 0.6 is 0 Å². The van der Waals surface area contributed by atoms with Crippen LogP contribution in [0, 0.1) is 22.7 Å². The molecule has 6 rings (SSSR count). The smallest absolute Gasteiger partial charge is 0.115 e. The van der Waals surface area contributed by atoms with Crippen molar-refractivity contribution in [2.75, 3.05) is 0 Å². The molecule has 1 aromatic carbocycles. The van der Waals surface area contributed by atoms with Gasteiger partial charge >= 0.3 is 0 Å². The topological polar surface area (TPSA) is 60.7 Å². The molecule has 7 atom stereocenters. The van der Waals surface area contributed by atoms with Gasteiger partial charge in [-0.25, -0.2) is 0 Å². The van der Waals surface area contributed by atoms with E-state index in [0.717, 1.165) is 44.9 Å². The monoisotopic (exact) mass is 328 g/mol. The fourth-order valence-electron chi connectivity index (χ4n) is 7.43. The van der Waals surface area contributed by atoms with Crippen LogP contribution in [-0.4, -0.2) is 27.5 Å². The Morgan fingerprint density at radius 3 is 2.71 bits per heavy atom. The van der Waals surface area contributed by atoms with Crippen molar-refractivity contribution in [2.24, 2.45) is 22.7 Å². The third-order valence-corrected chi connectivity index (χ3v) is 8.61. The summed E-state index contributed by atoms with van der Waals surface area (Å²) in [6.07, 6.45) is 6.65. The van der Waals surface area contributed by atoms with Gasteiger partial charge in [-0.15, -0.1) is 0 Å². The van der Waals surface area contributed by atoms with Crippen LogP contribution in [0.5, 0.6) is 5.75 Å². The summed E-state index contributed by atoms with van der Waals surface area (Å²) in [6, 6.07) is 5.90. The van der Waals surface area contributed by atoms with E-state index in [0.29, 0.717) is 17.6 Å². The Kier molecular flexibility index (Phi) is 3.02. The zero-order valence-electron chi connectivity index (χ0n) is 14.4. The molecule has 0 aliphatic heterocycles. The molecule has 5 aliphatic carbocycles. The zero-order valence-corrected chi connectivity index (χ0v) is 14.4. The van der Waals surface area contributed by atoms with Crippen LogP contribution in [0.3, 0.4) is 0 Å². The quantitative estimate of drug-likeness (QED) is 0.684. The molecule has 0 aromatic heterocycles. The molecule has 2 unspecified atom stereocenters. The molecule has 4 saturated carbocycles. The SMILES string of the molecule is C[C@]12CCC3c4ccc(O)cc4CCC3[C@@]13CC[C@H]([C@H](O)C3)[C@@H]2O. The Morgan fingerprint density at radius 1 is 1.08 bits per heavy atom. The summed E-state index contributed by atoms with van der Waals surface area (Å²) < 4.78 is 0. The third-order valence-electron chi connectivity index (χ3n) is 8.61. The maximum atomic E-state index is 11.0. The number of phenolic OH excluding ortho intramolecular Hbond substituents is 1. The molecular formula is C21H28O3. The van der Waals surface area contributed by atoms with Gasteiger partial charge in [0.2, 0.25) is 0 Å². The van der Waals surface area contributed by atoms with E-state index in [4.69, 9.17) is 0 Å². The maximum absolute atomic E-state index is 11.0. The summed E-state index contributed by atoms with van der Waals surface area (Å²) in [5.74, 6) is 1.53. The van der Waals surface area contributed by atoms with Gasteiger partial charge in [0.05, 0.1) is 12.2 Å². The average molecular weight is 328 g/mol. The first-order chi connectivity index (χ1) is 11.5. The van der Waals surface area contributed by atoms with Crippen molar-refractivity contribution in [1.29, 1.82) is 0 Å². The number of hydrogen-bond acceptors (Lipinski definition) is 3. The molecule has 0 saturated heterocycles. The van der Waals surface area contributed by atoms with Gasteiger partial charge < -0.3 is 15.3 Å². The van der Waals surface area contributed by atoms with Gasteiger partial charge in [0.1, 0.15) is 5.75 Å². The van der Waals surface area contributed by atoms with Crippen LogP contribution in [0.2, 0.25) is 0 Å². The van der Waals surface area contributed by atoms with Gasteiger partial charge in [0.25, 0.3) is 0 Å². The van der Waals surface area contributed by atoms with Gasteiger partial charge in [0, 0.05) is 5.92 Å². The molecule has 3 heteroatoms. The van der Waals surface area contributed by atoms with Gasteiger partial charge in [0.15, 0.2) is 0 Å². The van der Waals surface area contributed by atoms with Crippen LogP contribution in [0.1, 0.15) is 62.5 Å². The molecule has 4 fully saturated rings. The molecule has 3 N–H and O–H groups in total. The number of phenols is 1. The molecule has 1 spiro atoms. The number of aliphatic hydroxyl groups excluding tert-OH is 2. The van der Waals surface area contributed by atoms with E-state index in [1.165, 1.54) is 11.1 Å². The molecule has 0 heterocycles. The minimum Gasteiger partial charge on any atom is -0.508 e. The van der Waals surface area contributed by atoms with Crippen LogP contribution in [-0.2, 0) is 6.42 Å². The first kappa shape index (κ1) is 15.2. The largest absolute Gasteiger partial charge is 0.508 e. The van der Waals surface area contributed by atoms with Crippen molar-refractivity contribution in [3.8, 4) is 5.75 Å². The number of aromatic hydroxyl groups is 1. The molecule has 2 bridgehead atoms. The van der Waals surface area contributed by atoms with Gasteiger partial charge in [-0.05, 0) is 90.9 Å². The second kappa shape index (κ2) is 4.76. The molecular weight excluding hydrogens is 300 g/mol. The average Bonchev–Trinajstić information content (AvgIpc) is 2.56. The number of benzene rings is 1. The Bertz CT molecular complexity index is 686. The van der Waals surface area contributed by atoms with E-state index in [2.05, 4.69) is 13.0 Å². The molecule has 1 aromatic rings. The summed E-state index contributed by atoms with van der Waals surface area (Å²) in [5.41, 5.74) is 2.77. The first-order valence-electron chi connectivity index (χ1n) is 9.64. The van der Waals surface area contributed by atoms with E-state index in [1.807, 2.05) is 12.1 Å². The summed E-state index contributed by atoms with van der Waals surface area (Å²) >= 11 is 0. The predicted molar refractivity (Wildman–Crippen MR) is 91.8 cm³/mol. The van der Waals surface area contributed by atoms with Crippen LogP contribution in [0.25, 0.3) is 0 Å².